The quantitative estimate of drug-likeness (QED) is 0.921. The molecule has 0 fully saturated rings. The van der Waals surface area contributed by atoms with Gasteiger partial charge in [0.1, 0.15) is 5.03 Å². The molecule has 0 atom stereocenters. The molecule has 0 bridgehead atoms. The monoisotopic (exact) mass is 266 g/mol. The van der Waals surface area contributed by atoms with Crippen molar-refractivity contribution in [2.24, 2.45) is 0 Å². The third kappa shape index (κ3) is 3.04. The van der Waals surface area contributed by atoms with E-state index < -0.39 is 5.97 Å². The highest BCUT2D eigenvalue weighted by Crippen LogP contribution is 2.28. The van der Waals surface area contributed by atoms with Crippen molar-refractivity contribution >= 4 is 29.1 Å². The van der Waals surface area contributed by atoms with Gasteiger partial charge in [-0.05, 0) is 30.3 Å². The van der Waals surface area contributed by atoms with E-state index in [1.165, 1.54) is 18.0 Å². The van der Waals surface area contributed by atoms with Crippen molar-refractivity contribution in [3.8, 4) is 0 Å². The molecule has 2 heterocycles. The Morgan fingerprint density at radius 1 is 1.53 bits per heavy atom. The van der Waals surface area contributed by atoms with Gasteiger partial charge in [-0.15, -0.1) is 11.3 Å². The number of carboxylic acids is 1. The Morgan fingerprint density at radius 2 is 2.35 bits per heavy atom. The number of rotatable bonds is 4. The van der Waals surface area contributed by atoms with E-state index in [-0.39, 0.29) is 5.56 Å². The van der Waals surface area contributed by atoms with Gasteiger partial charge in [0, 0.05) is 11.6 Å². The van der Waals surface area contributed by atoms with Crippen LogP contribution in [0.5, 0.6) is 0 Å². The molecule has 0 amide bonds. The fraction of sp³-hybridized carbons (Fsp3) is 0.182. The summed E-state index contributed by atoms with van der Waals surface area (Å²) in [5, 5.41) is 11.5. The molecule has 6 heteroatoms. The Kier molecular flexibility index (Phi) is 3.75. The maximum atomic E-state index is 10.7. The number of nitrogens with zero attached hydrogens (tertiary/aromatic N) is 2. The van der Waals surface area contributed by atoms with Crippen molar-refractivity contribution in [1.82, 2.24) is 9.97 Å². The third-order valence-electron chi connectivity index (χ3n) is 2.07. The van der Waals surface area contributed by atoms with Crippen LogP contribution in [-0.2, 0) is 6.42 Å². The van der Waals surface area contributed by atoms with Crippen LogP contribution >= 0.6 is 23.1 Å². The van der Waals surface area contributed by atoms with Gasteiger partial charge in [-0.3, -0.25) is 0 Å². The summed E-state index contributed by atoms with van der Waals surface area (Å²) in [7, 11) is 0. The van der Waals surface area contributed by atoms with Crippen LogP contribution in [0.3, 0.4) is 0 Å². The fourth-order valence-electron chi connectivity index (χ4n) is 1.15. The fourth-order valence-corrected chi connectivity index (χ4v) is 2.96. The summed E-state index contributed by atoms with van der Waals surface area (Å²) in [4.78, 5) is 19.1. The molecule has 4 nitrogen and oxygen atoms in total. The van der Waals surface area contributed by atoms with Crippen LogP contribution in [0.4, 0.5) is 0 Å². The molecule has 0 aromatic carbocycles. The Balaban J connectivity index is 2.10. The van der Waals surface area contributed by atoms with Crippen LogP contribution in [-0.4, -0.2) is 21.0 Å². The Labute approximate surface area is 107 Å². The maximum Gasteiger partial charge on any atom is 0.337 e. The largest absolute Gasteiger partial charge is 0.478 e. The zero-order valence-electron chi connectivity index (χ0n) is 9.08. The average Bonchev–Trinajstić information content (AvgIpc) is 2.77. The van der Waals surface area contributed by atoms with E-state index >= 15 is 0 Å². The minimum absolute atomic E-state index is 0.197. The molecule has 2 aromatic heterocycles. The third-order valence-corrected chi connectivity index (χ3v) is 4.01. The van der Waals surface area contributed by atoms with E-state index in [1.807, 2.05) is 5.38 Å². The summed E-state index contributed by atoms with van der Waals surface area (Å²) in [5.41, 5.74) is 1.27. The number of thiazole rings is 1. The van der Waals surface area contributed by atoms with Crippen LogP contribution in [0, 0.1) is 0 Å². The molecule has 2 rings (SSSR count). The standard InChI is InChI=1S/C11H10N2O2S2/c1-2-8-6-16-11(13-8)17-9-4-3-7(5-12-9)10(14)15/h3-6H,2H2,1H3,(H,14,15). The molecule has 1 N–H and O–H groups in total. The van der Waals surface area contributed by atoms with Crippen LogP contribution in [0.15, 0.2) is 33.1 Å². The molecule has 0 spiro atoms. The zero-order chi connectivity index (χ0) is 12.3. The number of hydrogen-bond acceptors (Lipinski definition) is 5. The van der Waals surface area contributed by atoms with Crippen molar-refractivity contribution in [2.75, 3.05) is 0 Å². The van der Waals surface area contributed by atoms with Crippen LogP contribution in [0.25, 0.3) is 0 Å². The van der Waals surface area contributed by atoms with Crippen molar-refractivity contribution in [2.45, 2.75) is 22.7 Å². The summed E-state index contributed by atoms with van der Waals surface area (Å²) >= 11 is 3.02. The molecule has 0 saturated heterocycles. The van der Waals surface area contributed by atoms with E-state index in [0.29, 0.717) is 0 Å². The number of hydrogen-bond donors (Lipinski definition) is 1. The van der Waals surface area contributed by atoms with Gasteiger partial charge >= 0.3 is 5.97 Å². The summed E-state index contributed by atoms with van der Waals surface area (Å²) < 4.78 is 0.928. The lowest BCUT2D eigenvalue weighted by molar-refractivity contribution is 0.0696. The van der Waals surface area contributed by atoms with E-state index in [2.05, 4.69) is 16.9 Å². The molecule has 0 saturated carbocycles. The van der Waals surface area contributed by atoms with E-state index in [0.717, 1.165) is 21.5 Å². The van der Waals surface area contributed by atoms with E-state index in [9.17, 15) is 4.79 Å². The normalized spacial score (nSPS) is 10.4. The van der Waals surface area contributed by atoms with Crippen molar-refractivity contribution in [3.05, 3.63) is 35.0 Å². The van der Waals surface area contributed by atoms with Gasteiger partial charge in [0.15, 0.2) is 4.34 Å². The molecule has 0 unspecified atom stereocenters. The molecule has 88 valence electrons. The minimum atomic E-state index is -0.962. The second-order valence-corrected chi connectivity index (χ2v) is 5.38. The van der Waals surface area contributed by atoms with Crippen LogP contribution in [0.1, 0.15) is 23.0 Å². The number of aromatic carboxylic acids is 1. The maximum absolute atomic E-state index is 10.7. The lowest BCUT2D eigenvalue weighted by Gasteiger charge is -1.97. The molecule has 2 aromatic rings. The van der Waals surface area contributed by atoms with Gasteiger partial charge in [-0.2, -0.15) is 0 Å². The van der Waals surface area contributed by atoms with Gasteiger partial charge in [-0.1, -0.05) is 6.92 Å². The van der Waals surface area contributed by atoms with Gasteiger partial charge in [0.2, 0.25) is 0 Å². The highest BCUT2D eigenvalue weighted by atomic mass is 32.2. The molecular weight excluding hydrogens is 256 g/mol. The number of carbonyl (C=O) groups is 1. The predicted octanol–water partition coefficient (Wildman–Crippen LogP) is 2.95. The summed E-state index contributed by atoms with van der Waals surface area (Å²) in [6.45, 7) is 2.06. The smallest absolute Gasteiger partial charge is 0.337 e. The first-order chi connectivity index (χ1) is 8.19. The summed E-state index contributed by atoms with van der Waals surface area (Å²) in [6.07, 6.45) is 2.28. The van der Waals surface area contributed by atoms with Gasteiger partial charge in [0.25, 0.3) is 0 Å². The van der Waals surface area contributed by atoms with Gasteiger partial charge in [-0.25, -0.2) is 14.8 Å². The molecule has 17 heavy (non-hydrogen) atoms. The highest BCUT2D eigenvalue weighted by molar-refractivity contribution is 8.01. The average molecular weight is 266 g/mol. The van der Waals surface area contributed by atoms with Gasteiger partial charge in [0.05, 0.1) is 11.3 Å². The number of aromatic nitrogens is 2. The molecule has 0 radical (unpaired) electrons. The lowest BCUT2D eigenvalue weighted by Crippen LogP contribution is -1.96. The van der Waals surface area contributed by atoms with E-state index in [1.54, 1.807) is 23.5 Å². The van der Waals surface area contributed by atoms with Crippen molar-refractivity contribution in [1.29, 1.82) is 0 Å². The highest BCUT2D eigenvalue weighted by Gasteiger charge is 2.06. The van der Waals surface area contributed by atoms with E-state index in [4.69, 9.17) is 5.11 Å². The summed E-state index contributed by atoms with van der Waals surface area (Å²) in [5.74, 6) is -0.962. The molecule has 0 aliphatic carbocycles. The minimum Gasteiger partial charge on any atom is -0.478 e. The topological polar surface area (TPSA) is 63.1 Å². The Bertz CT molecular complexity index is 523. The van der Waals surface area contributed by atoms with Crippen LogP contribution in [0.2, 0.25) is 0 Å². The predicted molar refractivity (Wildman–Crippen MR) is 66.8 cm³/mol. The van der Waals surface area contributed by atoms with Gasteiger partial charge < -0.3 is 5.11 Å². The second kappa shape index (κ2) is 5.29. The lowest BCUT2D eigenvalue weighted by atomic mass is 10.3. The number of carboxylic acid groups (broad SMARTS) is 1. The summed E-state index contributed by atoms with van der Waals surface area (Å²) in [6, 6.07) is 3.24. The number of aryl methyl sites for hydroxylation is 1. The number of pyridine rings is 1. The molecule has 0 aliphatic heterocycles. The van der Waals surface area contributed by atoms with Crippen molar-refractivity contribution in [3.63, 3.8) is 0 Å². The Morgan fingerprint density at radius 3 is 2.88 bits per heavy atom. The Hall–Kier alpha value is -1.40. The SMILES string of the molecule is CCc1csc(Sc2ccc(C(=O)O)cn2)n1. The first-order valence-corrected chi connectivity index (χ1v) is 6.70. The zero-order valence-corrected chi connectivity index (χ0v) is 10.7. The second-order valence-electron chi connectivity index (χ2n) is 3.25. The molecular formula is C11H10N2O2S2. The molecule has 0 aliphatic rings. The van der Waals surface area contributed by atoms with Crippen LogP contribution < -0.4 is 0 Å². The first-order valence-electron chi connectivity index (χ1n) is 5.00. The van der Waals surface area contributed by atoms with Crippen molar-refractivity contribution < 1.29 is 9.90 Å². The first kappa shape index (κ1) is 12.1.